The number of nitro benzene ring substituents is 1. The number of nitrogens with zero attached hydrogens (tertiary/aromatic N) is 1. The van der Waals surface area contributed by atoms with Crippen LogP contribution in [0.15, 0.2) is 42.5 Å². The Kier molecular flexibility index (Phi) is 3.69. The molecule has 7 heteroatoms. The number of anilines is 1. The van der Waals surface area contributed by atoms with Crippen LogP contribution in [-0.2, 0) is 0 Å². The van der Waals surface area contributed by atoms with E-state index in [2.05, 4.69) is 5.32 Å². The molecule has 0 radical (unpaired) electrons. The summed E-state index contributed by atoms with van der Waals surface area (Å²) in [7, 11) is 0. The number of nitro groups is 1. The number of rotatable bonds is 3. The SMILES string of the molecule is O=C(Nc1ccccc1[N+](=O)[O-])c1ccc(F)c(F)c1. The van der Waals surface area contributed by atoms with E-state index in [4.69, 9.17) is 0 Å². The Morgan fingerprint density at radius 2 is 1.80 bits per heavy atom. The maximum absolute atomic E-state index is 13.0. The van der Waals surface area contributed by atoms with Crippen molar-refractivity contribution < 1.29 is 18.5 Å². The molecule has 0 atom stereocenters. The summed E-state index contributed by atoms with van der Waals surface area (Å²) < 4.78 is 25.8. The van der Waals surface area contributed by atoms with E-state index in [1.165, 1.54) is 24.3 Å². The summed E-state index contributed by atoms with van der Waals surface area (Å²) in [5, 5.41) is 13.1. The Morgan fingerprint density at radius 3 is 2.45 bits per heavy atom. The van der Waals surface area contributed by atoms with Gasteiger partial charge in [0, 0.05) is 11.6 Å². The number of benzene rings is 2. The molecule has 2 aromatic carbocycles. The summed E-state index contributed by atoms with van der Waals surface area (Å²) in [6, 6.07) is 8.14. The van der Waals surface area contributed by atoms with E-state index >= 15 is 0 Å². The van der Waals surface area contributed by atoms with Crippen LogP contribution in [-0.4, -0.2) is 10.8 Å². The average Bonchev–Trinajstić information content (AvgIpc) is 2.42. The van der Waals surface area contributed by atoms with Crippen molar-refractivity contribution in [2.24, 2.45) is 0 Å². The van der Waals surface area contributed by atoms with Crippen LogP contribution in [0.5, 0.6) is 0 Å². The second-order valence-electron chi connectivity index (χ2n) is 3.86. The second-order valence-corrected chi connectivity index (χ2v) is 3.86. The van der Waals surface area contributed by atoms with Crippen molar-refractivity contribution in [2.45, 2.75) is 0 Å². The highest BCUT2D eigenvalue weighted by molar-refractivity contribution is 6.05. The monoisotopic (exact) mass is 278 g/mol. The van der Waals surface area contributed by atoms with Gasteiger partial charge in [-0.3, -0.25) is 14.9 Å². The molecule has 0 heterocycles. The number of para-hydroxylation sites is 2. The highest BCUT2D eigenvalue weighted by Crippen LogP contribution is 2.23. The number of halogens is 2. The number of amides is 1. The van der Waals surface area contributed by atoms with Gasteiger partial charge in [0.2, 0.25) is 0 Å². The Hall–Kier alpha value is -2.83. The summed E-state index contributed by atoms with van der Waals surface area (Å²) in [5.41, 5.74) is -0.447. The van der Waals surface area contributed by atoms with Crippen molar-refractivity contribution >= 4 is 17.3 Å². The van der Waals surface area contributed by atoms with E-state index in [0.717, 1.165) is 18.2 Å². The molecule has 0 aliphatic rings. The molecule has 0 saturated carbocycles. The minimum Gasteiger partial charge on any atom is -0.316 e. The van der Waals surface area contributed by atoms with Gasteiger partial charge in [0.05, 0.1) is 4.92 Å². The lowest BCUT2D eigenvalue weighted by Gasteiger charge is -2.06. The molecule has 1 amide bonds. The van der Waals surface area contributed by atoms with E-state index in [1.807, 2.05) is 0 Å². The number of hydrogen-bond acceptors (Lipinski definition) is 3. The van der Waals surface area contributed by atoms with Crippen molar-refractivity contribution in [3.8, 4) is 0 Å². The third kappa shape index (κ3) is 2.77. The van der Waals surface area contributed by atoms with E-state index in [9.17, 15) is 23.7 Å². The lowest BCUT2D eigenvalue weighted by Crippen LogP contribution is -2.13. The Morgan fingerprint density at radius 1 is 1.10 bits per heavy atom. The Labute approximate surface area is 112 Å². The quantitative estimate of drug-likeness (QED) is 0.692. The van der Waals surface area contributed by atoms with Gasteiger partial charge in [0.25, 0.3) is 11.6 Å². The largest absolute Gasteiger partial charge is 0.316 e. The predicted molar refractivity (Wildman–Crippen MR) is 67.4 cm³/mol. The van der Waals surface area contributed by atoms with Crippen LogP contribution < -0.4 is 5.32 Å². The van der Waals surface area contributed by atoms with Crippen LogP contribution in [0.25, 0.3) is 0 Å². The number of carbonyl (C=O) groups excluding carboxylic acids is 1. The minimum absolute atomic E-state index is 0.0211. The van der Waals surface area contributed by atoms with Crippen molar-refractivity contribution in [1.82, 2.24) is 0 Å². The van der Waals surface area contributed by atoms with Gasteiger partial charge < -0.3 is 5.32 Å². The normalized spacial score (nSPS) is 10.1. The summed E-state index contributed by atoms with van der Waals surface area (Å²) in [6.45, 7) is 0. The molecule has 0 aromatic heterocycles. The zero-order chi connectivity index (χ0) is 14.7. The highest BCUT2D eigenvalue weighted by atomic mass is 19.2. The summed E-state index contributed by atoms with van der Waals surface area (Å²) >= 11 is 0. The Balaban J connectivity index is 2.28. The molecule has 2 rings (SSSR count). The van der Waals surface area contributed by atoms with Crippen LogP contribution >= 0.6 is 0 Å². The maximum atomic E-state index is 13.0. The predicted octanol–water partition coefficient (Wildman–Crippen LogP) is 3.13. The third-order valence-corrected chi connectivity index (χ3v) is 2.53. The topological polar surface area (TPSA) is 72.2 Å². The number of nitrogens with one attached hydrogen (secondary N) is 1. The first kappa shape index (κ1) is 13.6. The van der Waals surface area contributed by atoms with Crippen LogP contribution in [0, 0.1) is 21.7 Å². The summed E-state index contributed by atoms with van der Waals surface area (Å²) in [5.74, 6) is -3.01. The van der Waals surface area contributed by atoms with Gasteiger partial charge in [-0.2, -0.15) is 0 Å². The van der Waals surface area contributed by atoms with Gasteiger partial charge in [0.1, 0.15) is 5.69 Å². The molecule has 0 aliphatic carbocycles. The molecule has 0 unspecified atom stereocenters. The van der Waals surface area contributed by atoms with Crippen LogP contribution in [0.2, 0.25) is 0 Å². The minimum atomic E-state index is -1.17. The van der Waals surface area contributed by atoms with Gasteiger partial charge in [-0.05, 0) is 24.3 Å². The summed E-state index contributed by atoms with van der Waals surface area (Å²) in [6.07, 6.45) is 0. The maximum Gasteiger partial charge on any atom is 0.292 e. The first-order valence-electron chi connectivity index (χ1n) is 5.49. The van der Waals surface area contributed by atoms with Gasteiger partial charge >= 0.3 is 0 Å². The van der Waals surface area contributed by atoms with E-state index in [-0.39, 0.29) is 16.9 Å². The van der Waals surface area contributed by atoms with Gasteiger partial charge in [-0.1, -0.05) is 12.1 Å². The molecular formula is C13H8F2N2O3. The lowest BCUT2D eigenvalue weighted by molar-refractivity contribution is -0.383. The zero-order valence-electron chi connectivity index (χ0n) is 9.97. The Bertz CT molecular complexity index is 689. The van der Waals surface area contributed by atoms with E-state index < -0.39 is 22.5 Å². The second kappa shape index (κ2) is 5.43. The zero-order valence-corrected chi connectivity index (χ0v) is 9.97. The van der Waals surface area contributed by atoms with Gasteiger partial charge in [-0.25, -0.2) is 8.78 Å². The number of carbonyl (C=O) groups is 1. The standard InChI is InChI=1S/C13H8F2N2O3/c14-9-6-5-8(7-10(9)15)13(18)16-11-3-1-2-4-12(11)17(19)20/h1-7H,(H,16,18). The first-order valence-corrected chi connectivity index (χ1v) is 5.49. The fraction of sp³-hybridized carbons (Fsp3) is 0. The fourth-order valence-electron chi connectivity index (χ4n) is 1.57. The van der Waals surface area contributed by atoms with E-state index in [0.29, 0.717) is 0 Å². The third-order valence-electron chi connectivity index (χ3n) is 2.53. The average molecular weight is 278 g/mol. The fourth-order valence-corrected chi connectivity index (χ4v) is 1.57. The molecule has 1 N–H and O–H groups in total. The van der Waals surface area contributed by atoms with E-state index in [1.54, 1.807) is 0 Å². The number of hydrogen-bond donors (Lipinski definition) is 1. The van der Waals surface area contributed by atoms with Crippen LogP contribution in [0.1, 0.15) is 10.4 Å². The van der Waals surface area contributed by atoms with Crippen LogP contribution in [0.4, 0.5) is 20.2 Å². The van der Waals surface area contributed by atoms with Crippen molar-refractivity contribution in [1.29, 1.82) is 0 Å². The molecule has 0 fully saturated rings. The summed E-state index contributed by atoms with van der Waals surface area (Å²) in [4.78, 5) is 22.0. The van der Waals surface area contributed by atoms with Crippen LogP contribution in [0.3, 0.4) is 0 Å². The molecule has 0 saturated heterocycles. The molecule has 20 heavy (non-hydrogen) atoms. The molecular weight excluding hydrogens is 270 g/mol. The molecule has 2 aromatic rings. The first-order chi connectivity index (χ1) is 9.49. The molecule has 102 valence electrons. The smallest absolute Gasteiger partial charge is 0.292 e. The lowest BCUT2D eigenvalue weighted by atomic mass is 10.2. The van der Waals surface area contributed by atoms with Crippen molar-refractivity contribution in [3.63, 3.8) is 0 Å². The van der Waals surface area contributed by atoms with Crippen molar-refractivity contribution in [2.75, 3.05) is 5.32 Å². The molecule has 0 bridgehead atoms. The molecule has 5 nitrogen and oxygen atoms in total. The van der Waals surface area contributed by atoms with Crippen molar-refractivity contribution in [3.05, 3.63) is 69.8 Å². The van der Waals surface area contributed by atoms with Gasteiger partial charge in [0.15, 0.2) is 11.6 Å². The van der Waals surface area contributed by atoms with Gasteiger partial charge in [-0.15, -0.1) is 0 Å². The highest BCUT2D eigenvalue weighted by Gasteiger charge is 2.16. The molecule has 0 spiro atoms. The molecule has 0 aliphatic heterocycles.